The van der Waals surface area contributed by atoms with Crippen LogP contribution in [0, 0.1) is 0 Å². The maximum absolute atomic E-state index is 10.8. The first kappa shape index (κ1) is 10.7. The largest absolute Gasteiger partial charge is 0.477 e. The van der Waals surface area contributed by atoms with Crippen LogP contribution in [0.25, 0.3) is 10.9 Å². The van der Waals surface area contributed by atoms with Crippen LogP contribution in [0.3, 0.4) is 0 Å². The van der Waals surface area contributed by atoms with Crippen LogP contribution in [0.2, 0.25) is 0 Å². The molecule has 4 nitrogen and oxygen atoms in total. The molecule has 1 aromatic carbocycles. The van der Waals surface area contributed by atoms with Gasteiger partial charge in [0.05, 0.1) is 6.61 Å². The minimum atomic E-state index is -0.936. The molecular formula is C12H13NO3. The van der Waals surface area contributed by atoms with Gasteiger partial charge in [0.1, 0.15) is 5.69 Å². The number of H-pyrrole nitrogens is 1. The Kier molecular flexibility index (Phi) is 2.92. The van der Waals surface area contributed by atoms with Gasteiger partial charge >= 0.3 is 5.97 Å². The van der Waals surface area contributed by atoms with E-state index in [1.807, 2.05) is 18.2 Å². The van der Waals surface area contributed by atoms with E-state index in [1.54, 1.807) is 13.2 Å². The molecule has 0 amide bonds. The lowest BCUT2D eigenvalue weighted by Crippen LogP contribution is -1.97. The van der Waals surface area contributed by atoms with Gasteiger partial charge < -0.3 is 14.8 Å². The zero-order valence-corrected chi connectivity index (χ0v) is 8.99. The van der Waals surface area contributed by atoms with E-state index >= 15 is 0 Å². The standard InChI is InChI=1S/C12H13NO3/c1-16-6-5-8-3-2-4-9-7-10(12(14)15)13-11(8)9/h2-4,7,13H,5-6H2,1H3,(H,14,15). The summed E-state index contributed by atoms with van der Waals surface area (Å²) in [7, 11) is 1.65. The fraction of sp³-hybridized carbons (Fsp3) is 0.250. The van der Waals surface area contributed by atoms with E-state index in [1.165, 1.54) is 0 Å². The minimum absolute atomic E-state index is 0.222. The third kappa shape index (κ3) is 1.92. The molecule has 0 aliphatic heterocycles. The van der Waals surface area contributed by atoms with Crippen molar-refractivity contribution in [2.45, 2.75) is 6.42 Å². The summed E-state index contributed by atoms with van der Waals surface area (Å²) in [5.74, 6) is -0.936. The second-order valence-electron chi connectivity index (χ2n) is 3.61. The molecule has 0 radical (unpaired) electrons. The summed E-state index contributed by atoms with van der Waals surface area (Å²) in [6.45, 7) is 0.626. The van der Waals surface area contributed by atoms with E-state index in [9.17, 15) is 4.79 Å². The van der Waals surface area contributed by atoms with Gasteiger partial charge in [-0.15, -0.1) is 0 Å². The lowest BCUT2D eigenvalue weighted by atomic mass is 10.1. The number of carboxylic acids is 1. The smallest absolute Gasteiger partial charge is 0.352 e. The predicted octanol–water partition coefficient (Wildman–Crippen LogP) is 2.06. The molecule has 0 aliphatic carbocycles. The van der Waals surface area contributed by atoms with Gasteiger partial charge in [0.2, 0.25) is 0 Å². The highest BCUT2D eigenvalue weighted by molar-refractivity contribution is 5.94. The van der Waals surface area contributed by atoms with Crippen LogP contribution in [0.5, 0.6) is 0 Å². The van der Waals surface area contributed by atoms with Crippen LogP contribution >= 0.6 is 0 Å². The average molecular weight is 219 g/mol. The number of hydrogen-bond acceptors (Lipinski definition) is 2. The number of ether oxygens (including phenoxy) is 1. The monoisotopic (exact) mass is 219 g/mol. The van der Waals surface area contributed by atoms with Crippen molar-refractivity contribution in [3.8, 4) is 0 Å². The van der Waals surface area contributed by atoms with Gasteiger partial charge in [0, 0.05) is 18.0 Å². The van der Waals surface area contributed by atoms with E-state index in [-0.39, 0.29) is 5.69 Å². The number of hydrogen-bond donors (Lipinski definition) is 2. The highest BCUT2D eigenvalue weighted by atomic mass is 16.5. The Morgan fingerprint density at radius 3 is 3.00 bits per heavy atom. The summed E-state index contributed by atoms with van der Waals surface area (Å²) in [6.07, 6.45) is 0.771. The second kappa shape index (κ2) is 4.37. The molecule has 0 spiro atoms. The van der Waals surface area contributed by atoms with E-state index in [2.05, 4.69) is 4.98 Å². The Morgan fingerprint density at radius 1 is 1.50 bits per heavy atom. The quantitative estimate of drug-likeness (QED) is 0.827. The van der Waals surface area contributed by atoms with E-state index in [0.29, 0.717) is 6.61 Å². The number of aromatic amines is 1. The van der Waals surface area contributed by atoms with E-state index in [0.717, 1.165) is 22.9 Å². The van der Waals surface area contributed by atoms with Gasteiger partial charge in [-0.2, -0.15) is 0 Å². The Bertz CT molecular complexity index is 516. The number of carboxylic acid groups (broad SMARTS) is 1. The van der Waals surface area contributed by atoms with Crippen LogP contribution < -0.4 is 0 Å². The molecule has 2 rings (SSSR count). The molecule has 0 aliphatic rings. The summed E-state index contributed by atoms with van der Waals surface area (Å²) in [6, 6.07) is 7.44. The molecule has 0 unspecified atom stereocenters. The van der Waals surface area contributed by atoms with Crippen LogP contribution in [0.1, 0.15) is 16.1 Å². The molecule has 2 N–H and O–H groups in total. The number of aromatic carboxylic acids is 1. The molecule has 0 fully saturated rings. The molecule has 4 heteroatoms. The lowest BCUT2D eigenvalue weighted by Gasteiger charge is -2.01. The van der Waals surface area contributed by atoms with Crippen molar-refractivity contribution in [3.05, 3.63) is 35.5 Å². The average Bonchev–Trinajstić information content (AvgIpc) is 2.70. The molecule has 0 bridgehead atoms. The van der Waals surface area contributed by atoms with Gasteiger partial charge in [0.25, 0.3) is 0 Å². The van der Waals surface area contributed by atoms with Gasteiger partial charge in [0.15, 0.2) is 0 Å². The molecule has 1 heterocycles. The van der Waals surface area contributed by atoms with Gasteiger partial charge in [-0.05, 0) is 18.1 Å². The number of para-hydroxylation sites is 1. The number of nitrogens with one attached hydrogen (secondary N) is 1. The zero-order valence-electron chi connectivity index (χ0n) is 8.99. The summed E-state index contributed by atoms with van der Waals surface area (Å²) in [5, 5.41) is 9.82. The third-order valence-electron chi connectivity index (χ3n) is 2.55. The lowest BCUT2D eigenvalue weighted by molar-refractivity contribution is 0.0691. The summed E-state index contributed by atoms with van der Waals surface area (Å²) in [5.41, 5.74) is 2.18. The molecular weight excluding hydrogens is 206 g/mol. The highest BCUT2D eigenvalue weighted by Gasteiger charge is 2.09. The Balaban J connectivity index is 2.45. The van der Waals surface area contributed by atoms with Crippen LogP contribution in [-0.4, -0.2) is 29.8 Å². The second-order valence-corrected chi connectivity index (χ2v) is 3.61. The van der Waals surface area contributed by atoms with E-state index < -0.39 is 5.97 Å². The fourth-order valence-corrected chi connectivity index (χ4v) is 1.75. The Hall–Kier alpha value is -1.81. The highest BCUT2D eigenvalue weighted by Crippen LogP contribution is 2.20. The topological polar surface area (TPSA) is 62.3 Å². The van der Waals surface area contributed by atoms with Crippen molar-refractivity contribution in [1.29, 1.82) is 0 Å². The molecule has 0 atom stereocenters. The maximum Gasteiger partial charge on any atom is 0.352 e. The zero-order chi connectivity index (χ0) is 11.5. The molecule has 84 valence electrons. The van der Waals surface area contributed by atoms with Crippen molar-refractivity contribution in [2.24, 2.45) is 0 Å². The molecule has 2 aromatic rings. The van der Waals surface area contributed by atoms with Gasteiger partial charge in [-0.3, -0.25) is 0 Å². The number of carbonyl (C=O) groups is 1. The number of fused-ring (bicyclic) bond motifs is 1. The first-order valence-corrected chi connectivity index (χ1v) is 5.05. The van der Waals surface area contributed by atoms with Gasteiger partial charge in [-0.25, -0.2) is 4.79 Å². The normalized spacial score (nSPS) is 10.8. The first-order chi connectivity index (χ1) is 7.72. The Morgan fingerprint density at radius 2 is 2.31 bits per heavy atom. The van der Waals surface area contributed by atoms with Crippen LogP contribution in [0.4, 0.5) is 0 Å². The number of methoxy groups -OCH3 is 1. The van der Waals surface area contributed by atoms with Crippen molar-refractivity contribution >= 4 is 16.9 Å². The number of benzene rings is 1. The maximum atomic E-state index is 10.8. The van der Waals surface area contributed by atoms with Crippen LogP contribution in [-0.2, 0) is 11.2 Å². The van der Waals surface area contributed by atoms with Crippen molar-refractivity contribution in [1.82, 2.24) is 4.98 Å². The predicted molar refractivity (Wildman–Crippen MR) is 60.8 cm³/mol. The summed E-state index contributed by atoms with van der Waals surface area (Å²) in [4.78, 5) is 13.8. The van der Waals surface area contributed by atoms with Crippen molar-refractivity contribution < 1.29 is 14.6 Å². The summed E-state index contributed by atoms with van der Waals surface area (Å²) < 4.78 is 5.02. The van der Waals surface area contributed by atoms with Crippen LogP contribution in [0.15, 0.2) is 24.3 Å². The molecule has 0 saturated heterocycles. The van der Waals surface area contributed by atoms with Crippen molar-refractivity contribution in [3.63, 3.8) is 0 Å². The molecule has 16 heavy (non-hydrogen) atoms. The van der Waals surface area contributed by atoms with E-state index in [4.69, 9.17) is 9.84 Å². The number of rotatable bonds is 4. The van der Waals surface area contributed by atoms with Crippen molar-refractivity contribution in [2.75, 3.05) is 13.7 Å². The fourth-order valence-electron chi connectivity index (χ4n) is 1.75. The third-order valence-corrected chi connectivity index (χ3v) is 2.55. The molecule has 1 aromatic heterocycles. The number of aromatic nitrogens is 1. The minimum Gasteiger partial charge on any atom is -0.477 e. The molecule has 0 saturated carbocycles. The Labute approximate surface area is 92.9 Å². The summed E-state index contributed by atoms with van der Waals surface area (Å²) >= 11 is 0. The van der Waals surface area contributed by atoms with Gasteiger partial charge in [-0.1, -0.05) is 18.2 Å². The first-order valence-electron chi connectivity index (χ1n) is 5.05. The SMILES string of the molecule is COCCc1cccc2cc(C(=O)O)[nH]c12.